The Morgan fingerprint density at radius 3 is 2.44 bits per heavy atom. The molecule has 1 atom stereocenters. The highest BCUT2D eigenvalue weighted by Crippen LogP contribution is 1.79. The SMILES string of the molecule is N#C[SiH](N=C=O)[N+](=O)[O-]. The van der Waals surface area contributed by atoms with Gasteiger partial charge in [-0.05, 0) is 4.59 Å². The lowest BCUT2D eigenvalue weighted by Crippen LogP contribution is -2.19. The van der Waals surface area contributed by atoms with Crippen LogP contribution < -0.4 is 0 Å². The van der Waals surface area contributed by atoms with Crippen LogP contribution in [0.25, 0.3) is 0 Å². The van der Waals surface area contributed by atoms with Crippen molar-refractivity contribution in [2.75, 3.05) is 0 Å². The molecule has 9 heavy (non-hydrogen) atoms. The Labute approximate surface area is 51.3 Å². The third-order valence-electron chi connectivity index (χ3n) is 0.490. The summed E-state index contributed by atoms with van der Waals surface area (Å²) < 4.78 is 1.87. The molecule has 0 spiro atoms. The molecule has 0 rings (SSSR count). The molecular formula is C2HN3O3Si. The normalized spacial score (nSPS) is 10.6. The Morgan fingerprint density at radius 2 is 2.33 bits per heavy atom. The fraction of sp³-hybridized carbons (Fsp3) is 0. The summed E-state index contributed by atoms with van der Waals surface area (Å²) in [5.74, 6) is 0. The monoisotopic (exact) mass is 143 g/mol. The number of hydrogen-bond donors (Lipinski definition) is 0. The van der Waals surface area contributed by atoms with Gasteiger partial charge in [-0.1, -0.05) is 0 Å². The van der Waals surface area contributed by atoms with Gasteiger partial charge in [0.25, 0.3) is 0 Å². The minimum absolute atomic E-state index is 0.842. The number of carbonyl (C=O) groups excluding carboxylic acids is 1. The first-order valence-corrected chi connectivity index (χ1v) is 3.43. The van der Waals surface area contributed by atoms with Crippen LogP contribution in [0.3, 0.4) is 0 Å². The van der Waals surface area contributed by atoms with E-state index in [2.05, 4.69) is 4.66 Å². The lowest BCUT2D eigenvalue weighted by atomic mass is 11.7. The first kappa shape index (κ1) is 7.49. The summed E-state index contributed by atoms with van der Waals surface area (Å²) in [4.78, 5) is 19.1. The summed E-state index contributed by atoms with van der Waals surface area (Å²) >= 11 is 0. The van der Waals surface area contributed by atoms with Crippen molar-refractivity contribution in [3.63, 3.8) is 0 Å². The quantitative estimate of drug-likeness (QED) is 0.161. The maximum atomic E-state index is 9.69. The van der Waals surface area contributed by atoms with Crippen LogP contribution >= 0.6 is 0 Å². The second-order valence-electron chi connectivity index (χ2n) is 1.01. The van der Waals surface area contributed by atoms with Gasteiger partial charge in [-0.3, -0.25) is 10.1 Å². The van der Waals surface area contributed by atoms with E-state index in [1.54, 1.807) is 0 Å². The zero-order valence-electron chi connectivity index (χ0n) is 4.14. The smallest absolute Gasteiger partial charge is 0.287 e. The molecule has 0 heterocycles. The van der Waals surface area contributed by atoms with Gasteiger partial charge in [0.05, 0.1) is 0 Å². The lowest BCUT2D eigenvalue weighted by molar-refractivity contribution is -0.328. The molecule has 0 aliphatic heterocycles. The second kappa shape index (κ2) is 3.48. The molecule has 0 aliphatic rings. The van der Waals surface area contributed by atoms with E-state index in [0.717, 1.165) is 6.08 Å². The van der Waals surface area contributed by atoms with Crippen molar-refractivity contribution >= 4 is 15.2 Å². The lowest BCUT2D eigenvalue weighted by Gasteiger charge is -1.83. The second-order valence-corrected chi connectivity index (χ2v) is 2.69. The molecule has 0 radical (unpaired) electrons. The van der Waals surface area contributed by atoms with Gasteiger partial charge in [0.15, 0.2) is 0 Å². The first-order chi connectivity index (χ1) is 4.22. The van der Waals surface area contributed by atoms with E-state index in [1.807, 2.05) is 0 Å². The molecule has 0 saturated heterocycles. The largest absolute Gasteiger partial charge is 0.656 e. The first-order valence-electron chi connectivity index (χ1n) is 1.82. The van der Waals surface area contributed by atoms with Gasteiger partial charge in [0, 0.05) is 0 Å². The average molecular weight is 143 g/mol. The van der Waals surface area contributed by atoms with Crippen molar-refractivity contribution in [2.24, 2.45) is 4.66 Å². The van der Waals surface area contributed by atoms with E-state index >= 15 is 0 Å². The molecule has 0 saturated carbocycles. The summed E-state index contributed by atoms with van der Waals surface area (Å²) in [5.41, 5.74) is 1.31. The number of nitrogens with zero attached hydrogens (tertiary/aromatic N) is 3. The van der Waals surface area contributed by atoms with Crippen molar-refractivity contribution in [1.29, 1.82) is 5.26 Å². The molecule has 7 heteroatoms. The minimum Gasteiger partial charge on any atom is -0.287 e. The fourth-order valence-corrected chi connectivity index (χ4v) is 0.519. The van der Waals surface area contributed by atoms with Gasteiger partial charge in [0.2, 0.25) is 6.08 Å². The molecule has 46 valence electrons. The van der Waals surface area contributed by atoms with Crippen LogP contribution in [-0.4, -0.2) is 19.8 Å². The zero-order valence-corrected chi connectivity index (χ0v) is 5.30. The number of hydrogen-bond acceptors (Lipinski definition) is 5. The van der Waals surface area contributed by atoms with E-state index < -0.39 is 13.7 Å². The predicted octanol–water partition coefficient (Wildman–Crippen LogP) is -1.12. The highest BCUT2D eigenvalue weighted by atomic mass is 28.3. The standard InChI is InChI=1S/C2HN3O3Si/c3-1-9(4-2-6)5(7)8/h9H. The number of nitro groups is 1. The highest BCUT2D eigenvalue weighted by molar-refractivity contribution is 6.57. The summed E-state index contributed by atoms with van der Waals surface area (Å²) in [5, 5.41) is 17.6. The molecule has 0 amide bonds. The third-order valence-corrected chi connectivity index (χ3v) is 1.47. The Balaban J connectivity index is 4.21. The Bertz CT molecular complexity index is 200. The molecule has 0 N–H and O–H groups in total. The van der Waals surface area contributed by atoms with E-state index in [-0.39, 0.29) is 0 Å². The Kier molecular flexibility index (Phi) is 2.90. The predicted molar refractivity (Wildman–Crippen MR) is 27.9 cm³/mol. The zero-order chi connectivity index (χ0) is 7.28. The average Bonchev–Trinajstić information content (AvgIpc) is 1.82. The molecule has 0 aromatic rings. The molecule has 6 nitrogen and oxygen atoms in total. The van der Waals surface area contributed by atoms with Crippen LogP contribution in [0.1, 0.15) is 0 Å². The third kappa shape index (κ3) is 2.33. The van der Waals surface area contributed by atoms with Gasteiger partial charge in [-0.2, -0.15) is 9.92 Å². The van der Waals surface area contributed by atoms with Gasteiger partial charge < -0.3 is 0 Å². The fourth-order valence-electron chi connectivity index (χ4n) is 0.173. The molecule has 0 aromatic carbocycles. The maximum Gasteiger partial charge on any atom is 0.656 e. The van der Waals surface area contributed by atoms with Gasteiger partial charge >= 0.3 is 9.12 Å². The van der Waals surface area contributed by atoms with Crippen molar-refractivity contribution < 1.29 is 9.38 Å². The van der Waals surface area contributed by atoms with Crippen LogP contribution in [0, 0.1) is 21.1 Å². The molecule has 1 unspecified atom stereocenters. The summed E-state index contributed by atoms with van der Waals surface area (Å²) in [6.07, 6.45) is 0.973. The van der Waals surface area contributed by atoms with Crippen molar-refractivity contribution in [1.82, 2.24) is 0 Å². The summed E-state index contributed by atoms with van der Waals surface area (Å²) in [6.45, 7) is 0. The van der Waals surface area contributed by atoms with Crippen LogP contribution in [0.5, 0.6) is 0 Å². The topological polar surface area (TPSA) is 96.4 Å². The number of nitriles is 1. The maximum absolute atomic E-state index is 9.69. The number of isocyanates is 1. The van der Waals surface area contributed by atoms with Crippen LogP contribution in [0.2, 0.25) is 0 Å². The van der Waals surface area contributed by atoms with E-state index in [9.17, 15) is 14.9 Å². The minimum atomic E-state index is -3.06. The van der Waals surface area contributed by atoms with Crippen molar-refractivity contribution in [3.8, 4) is 5.69 Å². The van der Waals surface area contributed by atoms with Crippen molar-refractivity contribution in [2.45, 2.75) is 0 Å². The molecule has 0 aliphatic carbocycles. The molecule has 0 fully saturated rings. The highest BCUT2D eigenvalue weighted by Gasteiger charge is 2.24. The molecular weight excluding hydrogens is 142 g/mol. The van der Waals surface area contributed by atoms with E-state index in [1.165, 1.54) is 5.69 Å². The van der Waals surface area contributed by atoms with Crippen LogP contribution in [0.4, 0.5) is 0 Å². The summed E-state index contributed by atoms with van der Waals surface area (Å²) in [6, 6.07) is 0. The number of rotatable bonds is 2. The van der Waals surface area contributed by atoms with Gasteiger partial charge in [0.1, 0.15) is 5.69 Å². The van der Waals surface area contributed by atoms with Gasteiger partial charge in [-0.25, -0.2) is 4.79 Å². The molecule has 0 bridgehead atoms. The Morgan fingerprint density at radius 1 is 1.78 bits per heavy atom. The van der Waals surface area contributed by atoms with Crippen LogP contribution in [-0.2, 0) is 4.79 Å². The van der Waals surface area contributed by atoms with Crippen LogP contribution in [0.15, 0.2) is 4.66 Å². The molecule has 0 aromatic heterocycles. The van der Waals surface area contributed by atoms with Gasteiger partial charge in [-0.15, -0.1) is 0 Å². The summed E-state index contributed by atoms with van der Waals surface area (Å²) in [7, 11) is -3.06. The Hall–Kier alpha value is -1.51. The van der Waals surface area contributed by atoms with E-state index in [4.69, 9.17) is 5.26 Å². The van der Waals surface area contributed by atoms with Crippen molar-refractivity contribution in [3.05, 3.63) is 10.1 Å². The van der Waals surface area contributed by atoms with E-state index in [0.29, 0.717) is 0 Å².